The van der Waals surface area contributed by atoms with Gasteiger partial charge in [0.25, 0.3) is 0 Å². The standard InChI is InChI=1S/C28H28F3N3O2/c1-36-26-10-6-5-9-24(26)33-13-14-34-23-12-11-21(28(29,30)31)15-20(23)16-22(25(34)18-33)27(35)32-17-19-7-3-2-4-8-19/h2-12,15,22,25H,13-14,16-18H2,1H3,(H,32,35)/t22-,25-/m0/s1. The monoisotopic (exact) mass is 495 g/mol. The molecule has 0 unspecified atom stereocenters. The summed E-state index contributed by atoms with van der Waals surface area (Å²) in [5.41, 5.74) is 2.57. The molecule has 1 N–H and O–H groups in total. The van der Waals surface area contributed by atoms with Gasteiger partial charge in [0.1, 0.15) is 5.75 Å². The minimum atomic E-state index is -4.43. The molecule has 188 valence electrons. The average Bonchev–Trinajstić information content (AvgIpc) is 2.90. The van der Waals surface area contributed by atoms with Crippen LogP contribution in [0.2, 0.25) is 0 Å². The Morgan fingerprint density at radius 3 is 2.50 bits per heavy atom. The summed E-state index contributed by atoms with van der Waals surface area (Å²) in [7, 11) is 1.63. The van der Waals surface area contributed by atoms with Crippen LogP contribution < -0.4 is 19.9 Å². The van der Waals surface area contributed by atoms with E-state index in [1.54, 1.807) is 13.2 Å². The number of rotatable bonds is 5. The maximum atomic E-state index is 13.5. The first-order valence-corrected chi connectivity index (χ1v) is 12.0. The number of benzene rings is 3. The summed E-state index contributed by atoms with van der Waals surface area (Å²) >= 11 is 0. The van der Waals surface area contributed by atoms with Crippen LogP contribution >= 0.6 is 0 Å². The van der Waals surface area contributed by atoms with Crippen LogP contribution in [0.3, 0.4) is 0 Å². The van der Waals surface area contributed by atoms with Crippen LogP contribution in [0, 0.1) is 5.92 Å². The summed E-state index contributed by atoms with van der Waals surface area (Å²) in [5, 5.41) is 3.02. The van der Waals surface area contributed by atoms with E-state index in [4.69, 9.17) is 4.74 Å². The number of piperazine rings is 1. The zero-order chi connectivity index (χ0) is 25.3. The van der Waals surface area contributed by atoms with Crippen molar-refractivity contribution < 1.29 is 22.7 Å². The lowest BCUT2D eigenvalue weighted by Gasteiger charge is -2.49. The Labute approximate surface area is 208 Å². The van der Waals surface area contributed by atoms with Crippen molar-refractivity contribution in [3.8, 4) is 5.75 Å². The van der Waals surface area contributed by atoms with Crippen molar-refractivity contribution in [2.75, 3.05) is 36.5 Å². The number of alkyl halides is 3. The topological polar surface area (TPSA) is 44.8 Å². The van der Waals surface area contributed by atoms with Crippen LogP contribution in [0.5, 0.6) is 5.75 Å². The van der Waals surface area contributed by atoms with Crippen LogP contribution in [0.4, 0.5) is 24.5 Å². The van der Waals surface area contributed by atoms with Crippen molar-refractivity contribution in [3.05, 3.63) is 89.5 Å². The van der Waals surface area contributed by atoms with Crippen LogP contribution in [-0.4, -0.2) is 38.7 Å². The number of halogens is 3. The molecule has 1 fully saturated rings. The number of nitrogens with zero attached hydrogens (tertiary/aromatic N) is 2. The third-order valence-electron chi connectivity index (χ3n) is 7.11. The number of anilines is 2. The number of hydrogen-bond acceptors (Lipinski definition) is 4. The highest BCUT2D eigenvalue weighted by molar-refractivity contribution is 5.82. The summed E-state index contributed by atoms with van der Waals surface area (Å²) in [6.07, 6.45) is -4.18. The van der Waals surface area contributed by atoms with Gasteiger partial charge >= 0.3 is 6.18 Å². The molecule has 1 amide bonds. The Kier molecular flexibility index (Phi) is 6.51. The van der Waals surface area contributed by atoms with E-state index in [0.717, 1.165) is 28.8 Å². The first kappa shape index (κ1) is 24.0. The molecule has 0 spiro atoms. The smallest absolute Gasteiger partial charge is 0.416 e. The molecule has 2 aliphatic rings. The fourth-order valence-electron chi connectivity index (χ4n) is 5.33. The molecule has 1 saturated heterocycles. The molecule has 36 heavy (non-hydrogen) atoms. The van der Waals surface area contributed by atoms with Gasteiger partial charge in [-0.05, 0) is 47.9 Å². The molecular formula is C28H28F3N3O2. The molecule has 0 radical (unpaired) electrons. The highest BCUT2D eigenvalue weighted by Crippen LogP contribution is 2.41. The van der Waals surface area contributed by atoms with E-state index in [0.29, 0.717) is 31.7 Å². The molecule has 0 saturated carbocycles. The molecule has 0 bridgehead atoms. The molecule has 5 nitrogen and oxygen atoms in total. The lowest BCUT2D eigenvalue weighted by atomic mass is 9.82. The normalized spacial score (nSPS) is 19.3. The lowest BCUT2D eigenvalue weighted by molar-refractivity contribution is -0.137. The minimum absolute atomic E-state index is 0.154. The van der Waals surface area contributed by atoms with Gasteiger partial charge in [0, 0.05) is 31.9 Å². The third-order valence-corrected chi connectivity index (χ3v) is 7.11. The predicted molar refractivity (Wildman–Crippen MR) is 133 cm³/mol. The summed E-state index contributed by atoms with van der Waals surface area (Å²) in [6, 6.07) is 21.1. The molecule has 8 heteroatoms. The van der Waals surface area contributed by atoms with Gasteiger partial charge in [0.15, 0.2) is 0 Å². The van der Waals surface area contributed by atoms with E-state index in [1.165, 1.54) is 6.07 Å². The van der Waals surface area contributed by atoms with E-state index in [2.05, 4.69) is 15.1 Å². The van der Waals surface area contributed by atoms with Gasteiger partial charge in [0.05, 0.1) is 30.3 Å². The Balaban J connectivity index is 1.46. The number of methoxy groups -OCH3 is 1. The Hall–Kier alpha value is -3.68. The van der Waals surface area contributed by atoms with Crippen LogP contribution in [-0.2, 0) is 23.9 Å². The first-order valence-electron chi connectivity index (χ1n) is 12.0. The quantitative estimate of drug-likeness (QED) is 0.547. The zero-order valence-corrected chi connectivity index (χ0v) is 20.0. The average molecular weight is 496 g/mol. The van der Waals surface area contributed by atoms with Gasteiger partial charge in [0.2, 0.25) is 5.91 Å². The number of carbonyl (C=O) groups excluding carboxylic acids is 1. The molecule has 2 heterocycles. The first-order chi connectivity index (χ1) is 17.3. The fraction of sp³-hybridized carbons (Fsp3) is 0.321. The van der Waals surface area contributed by atoms with Gasteiger partial charge in [-0.25, -0.2) is 0 Å². The number of nitrogens with one attached hydrogen (secondary N) is 1. The van der Waals surface area contributed by atoms with Crippen LogP contribution in [0.25, 0.3) is 0 Å². The molecule has 0 aromatic heterocycles. The second-order valence-corrected chi connectivity index (χ2v) is 9.23. The van der Waals surface area contributed by atoms with Gasteiger partial charge in [-0.3, -0.25) is 4.79 Å². The molecular weight excluding hydrogens is 467 g/mol. The van der Waals surface area contributed by atoms with Gasteiger partial charge in [-0.2, -0.15) is 13.2 Å². The number of amides is 1. The zero-order valence-electron chi connectivity index (χ0n) is 20.0. The molecule has 3 aromatic rings. The van der Waals surface area contributed by atoms with E-state index in [-0.39, 0.29) is 18.4 Å². The molecule has 2 aliphatic heterocycles. The van der Waals surface area contributed by atoms with Crippen LogP contribution in [0.15, 0.2) is 72.8 Å². The van der Waals surface area contributed by atoms with Crippen LogP contribution in [0.1, 0.15) is 16.7 Å². The van der Waals surface area contributed by atoms with Crippen molar-refractivity contribution in [2.45, 2.75) is 25.2 Å². The maximum Gasteiger partial charge on any atom is 0.416 e. The van der Waals surface area contributed by atoms with Crippen molar-refractivity contribution in [2.24, 2.45) is 5.92 Å². The number of carbonyl (C=O) groups is 1. The van der Waals surface area contributed by atoms with Crippen molar-refractivity contribution in [1.82, 2.24) is 5.32 Å². The Morgan fingerprint density at radius 1 is 1.00 bits per heavy atom. The third kappa shape index (κ3) is 4.72. The summed E-state index contributed by atoms with van der Waals surface area (Å²) in [5.74, 6) is 0.100. The summed E-state index contributed by atoms with van der Waals surface area (Å²) in [6.45, 7) is 2.18. The molecule has 2 atom stereocenters. The number of ether oxygens (including phenoxy) is 1. The SMILES string of the molecule is COc1ccccc1N1CCN2c3ccc(C(F)(F)F)cc3C[C@H](C(=O)NCc3ccccc3)[C@@H]2C1. The molecule has 3 aromatic carbocycles. The van der Waals surface area contributed by atoms with Gasteiger partial charge < -0.3 is 19.9 Å². The largest absolute Gasteiger partial charge is 0.495 e. The molecule has 5 rings (SSSR count). The maximum absolute atomic E-state index is 13.5. The molecule has 0 aliphatic carbocycles. The second-order valence-electron chi connectivity index (χ2n) is 9.23. The Morgan fingerprint density at radius 2 is 1.75 bits per heavy atom. The van der Waals surface area contributed by atoms with Crippen molar-refractivity contribution in [3.63, 3.8) is 0 Å². The van der Waals surface area contributed by atoms with Crippen molar-refractivity contribution in [1.29, 1.82) is 0 Å². The van der Waals surface area contributed by atoms with Gasteiger partial charge in [-0.1, -0.05) is 42.5 Å². The number of hydrogen-bond donors (Lipinski definition) is 1. The van der Waals surface area contributed by atoms with E-state index < -0.39 is 17.7 Å². The summed E-state index contributed by atoms with van der Waals surface area (Å²) in [4.78, 5) is 17.8. The van der Waals surface area contributed by atoms with Crippen molar-refractivity contribution >= 4 is 17.3 Å². The van der Waals surface area contributed by atoms with E-state index >= 15 is 0 Å². The second kappa shape index (κ2) is 9.76. The van der Waals surface area contributed by atoms with E-state index in [9.17, 15) is 18.0 Å². The fourth-order valence-corrected chi connectivity index (χ4v) is 5.33. The summed E-state index contributed by atoms with van der Waals surface area (Å²) < 4.78 is 45.9. The van der Waals surface area contributed by atoms with Gasteiger partial charge in [-0.15, -0.1) is 0 Å². The highest BCUT2D eigenvalue weighted by Gasteiger charge is 2.43. The lowest BCUT2D eigenvalue weighted by Crippen LogP contribution is -2.61. The highest BCUT2D eigenvalue weighted by atomic mass is 19.4. The minimum Gasteiger partial charge on any atom is -0.495 e. The van der Waals surface area contributed by atoms with E-state index in [1.807, 2.05) is 54.6 Å². The Bertz CT molecular complexity index is 1230. The number of fused-ring (bicyclic) bond motifs is 3. The predicted octanol–water partition coefficient (Wildman–Crippen LogP) is 4.90. The number of para-hydroxylation sites is 2.